The number of hydrogen-bond acceptors (Lipinski definition) is 5. The molecule has 21 heavy (non-hydrogen) atoms. The average Bonchev–Trinajstić information content (AvgIpc) is 2.68. The van der Waals surface area contributed by atoms with Gasteiger partial charge in [-0.2, -0.15) is 5.10 Å². The first-order valence-electron chi connectivity index (χ1n) is 6.32. The molecule has 3 amide bonds. The molecule has 8 heteroatoms. The van der Waals surface area contributed by atoms with Gasteiger partial charge in [-0.05, 0) is 13.3 Å². The summed E-state index contributed by atoms with van der Waals surface area (Å²) in [6.07, 6.45) is 1.69. The van der Waals surface area contributed by atoms with E-state index in [2.05, 4.69) is 10.4 Å². The summed E-state index contributed by atoms with van der Waals surface area (Å²) in [5.41, 5.74) is -0.624. The van der Waals surface area contributed by atoms with Crippen molar-refractivity contribution in [2.45, 2.75) is 25.8 Å². The monoisotopic (exact) mass is 290 g/mol. The van der Waals surface area contributed by atoms with Gasteiger partial charge in [-0.3, -0.25) is 14.9 Å². The molecule has 1 N–H and O–H groups in total. The van der Waals surface area contributed by atoms with E-state index in [1.807, 2.05) is 0 Å². The molecule has 1 aliphatic heterocycles. The number of carbonyl (C=O) groups excluding carboxylic acids is 2. The molecule has 0 saturated carbocycles. The highest BCUT2D eigenvalue weighted by molar-refractivity contribution is 6.07. The van der Waals surface area contributed by atoms with Crippen molar-refractivity contribution in [3.05, 3.63) is 39.9 Å². The zero-order valence-corrected chi connectivity index (χ0v) is 11.6. The van der Waals surface area contributed by atoms with Gasteiger partial charge < -0.3 is 5.32 Å². The second-order valence-electron chi connectivity index (χ2n) is 4.83. The summed E-state index contributed by atoms with van der Waals surface area (Å²) < 4.78 is 0. The van der Waals surface area contributed by atoms with Gasteiger partial charge in [0.2, 0.25) is 0 Å². The lowest BCUT2D eigenvalue weighted by atomic mass is 10.00. The van der Waals surface area contributed by atoms with Crippen LogP contribution in [0.2, 0.25) is 0 Å². The molecule has 0 bridgehead atoms. The van der Waals surface area contributed by atoms with Gasteiger partial charge in [0.15, 0.2) is 0 Å². The number of amides is 3. The summed E-state index contributed by atoms with van der Waals surface area (Å²) in [5, 5.41) is 17.8. The molecule has 0 aliphatic carbocycles. The number of benzene rings is 1. The van der Waals surface area contributed by atoms with Crippen LogP contribution in [0.15, 0.2) is 29.4 Å². The van der Waals surface area contributed by atoms with E-state index >= 15 is 0 Å². The topological polar surface area (TPSA) is 105 Å². The Kier molecular flexibility index (Phi) is 3.70. The maximum absolute atomic E-state index is 12.1. The highest BCUT2D eigenvalue weighted by atomic mass is 16.6. The van der Waals surface area contributed by atoms with Crippen LogP contribution in [0, 0.1) is 10.1 Å². The van der Waals surface area contributed by atoms with Crippen molar-refractivity contribution in [1.82, 2.24) is 10.3 Å². The van der Waals surface area contributed by atoms with Crippen LogP contribution in [0.4, 0.5) is 10.5 Å². The van der Waals surface area contributed by atoms with E-state index in [-0.39, 0.29) is 5.69 Å². The molecule has 1 saturated heterocycles. The van der Waals surface area contributed by atoms with E-state index < -0.39 is 22.4 Å². The van der Waals surface area contributed by atoms with Crippen LogP contribution >= 0.6 is 0 Å². The number of rotatable bonds is 4. The second kappa shape index (κ2) is 5.31. The molecule has 0 radical (unpaired) electrons. The number of nitrogens with one attached hydrogen (secondary N) is 1. The maximum Gasteiger partial charge on any atom is 0.346 e. The van der Waals surface area contributed by atoms with Gasteiger partial charge >= 0.3 is 6.03 Å². The van der Waals surface area contributed by atoms with Gasteiger partial charge in [0.25, 0.3) is 11.6 Å². The number of nitro groups is 1. The van der Waals surface area contributed by atoms with E-state index in [9.17, 15) is 19.7 Å². The highest BCUT2D eigenvalue weighted by Crippen LogP contribution is 2.21. The first-order chi connectivity index (χ1) is 9.87. The van der Waals surface area contributed by atoms with Gasteiger partial charge in [-0.25, -0.2) is 4.79 Å². The van der Waals surface area contributed by atoms with E-state index in [1.165, 1.54) is 24.4 Å². The lowest BCUT2D eigenvalue weighted by Crippen LogP contribution is -2.42. The first kappa shape index (κ1) is 14.6. The van der Waals surface area contributed by atoms with Crippen LogP contribution in [0.25, 0.3) is 0 Å². The van der Waals surface area contributed by atoms with Crippen molar-refractivity contribution in [2.75, 3.05) is 0 Å². The molecule has 1 aromatic carbocycles. The largest absolute Gasteiger partial charge is 0.346 e. The fraction of sp³-hybridized carbons (Fsp3) is 0.308. The third-order valence-corrected chi connectivity index (χ3v) is 3.35. The number of imide groups is 1. The molecular weight excluding hydrogens is 276 g/mol. The number of hydrazone groups is 1. The quantitative estimate of drug-likeness (QED) is 0.394. The number of urea groups is 1. The summed E-state index contributed by atoms with van der Waals surface area (Å²) >= 11 is 0. The molecule has 8 nitrogen and oxygen atoms in total. The Morgan fingerprint density at radius 3 is 2.76 bits per heavy atom. The minimum Gasteiger partial charge on any atom is -0.322 e. The molecular formula is C13H14N4O4. The normalized spacial score (nSPS) is 21.9. The Labute approximate surface area is 120 Å². The Balaban J connectivity index is 2.22. The lowest BCUT2D eigenvalue weighted by molar-refractivity contribution is -0.384. The fourth-order valence-electron chi connectivity index (χ4n) is 1.86. The predicted octanol–water partition coefficient (Wildman–Crippen LogP) is 1.65. The molecule has 110 valence electrons. The average molecular weight is 290 g/mol. The van der Waals surface area contributed by atoms with Crippen LogP contribution < -0.4 is 5.32 Å². The van der Waals surface area contributed by atoms with Crippen molar-refractivity contribution in [1.29, 1.82) is 0 Å². The van der Waals surface area contributed by atoms with Crippen LogP contribution in [-0.4, -0.2) is 33.6 Å². The highest BCUT2D eigenvalue weighted by Gasteiger charge is 2.46. The molecule has 1 atom stereocenters. The van der Waals surface area contributed by atoms with Crippen molar-refractivity contribution in [2.24, 2.45) is 5.10 Å². The third kappa shape index (κ3) is 2.73. The van der Waals surface area contributed by atoms with E-state index in [4.69, 9.17) is 0 Å². The molecule has 1 aromatic rings. The molecule has 1 fully saturated rings. The van der Waals surface area contributed by atoms with E-state index in [1.54, 1.807) is 19.9 Å². The minimum atomic E-state index is -0.961. The summed E-state index contributed by atoms with van der Waals surface area (Å²) in [6, 6.07) is 5.14. The fourth-order valence-corrected chi connectivity index (χ4v) is 1.86. The minimum absolute atomic E-state index is 0.0884. The number of nitro benzene ring substituents is 1. The van der Waals surface area contributed by atoms with Gasteiger partial charge in [0.1, 0.15) is 5.54 Å². The Morgan fingerprint density at radius 1 is 1.48 bits per heavy atom. The standard InChI is InChI=1S/C13H14N4O4/c1-3-13(2)11(18)16(12(19)15-13)14-8-9-5-4-6-10(7-9)17(20)21/h4-8H,3H2,1-2H3,(H,15,19)/b14-8+. The maximum atomic E-state index is 12.1. The SMILES string of the molecule is CCC1(C)NC(=O)N(/N=C/c2cccc([N+](=O)[O-])c2)C1=O. The summed E-state index contributed by atoms with van der Waals surface area (Å²) in [4.78, 5) is 34.0. The van der Waals surface area contributed by atoms with Crippen LogP contribution in [0.3, 0.4) is 0 Å². The third-order valence-electron chi connectivity index (χ3n) is 3.35. The molecule has 1 heterocycles. The van der Waals surface area contributed by atoms with Crippen molar-refractivity contribution in [3.63, 3.8) is 0 Å². The van der Waals surface area contributed by atoms with Gasteiger partial charge in [0, 0.05) is 17.7 Å². The number of non-ortho nitro benzene ring substituents is 1. The molecule has 1 unspecified atom stereocenters. The summed E-state index contributed by atoms with van der Waals surface area (Å²) in [7, 11) is 0. The number of nitrogens with zero attached hydrogens (tertiary/aromatic N) is 3. The van der Waals surface area contributed by atoms with Crippen molar-refractivity contribution >= 4 is 23.8 Å². The van der Waals surface area contributed by atoms with E-state index in [0.717, 1.165) is 5.01 Å². The number of hydrogen-bond donors (Lipinski definition) is 1. The zero-order valence-electron chi connectivity index (χ0n) is 11.6. The zero-order chi connectivity index (χ0) is 15.6. The first-order valence-corrected chi connectivity index (χ1v) is 6.32. The second-order valence-corrected chi connectivity index (χ2v) is 4.83. The van der Waals surface area contributed by atoms with Crippen LogP contribution in [0.5, 0.6) is 0 Å². The Hall–Kier alpha value is -2.77. The van der Waals surface area contributed by atoms with Crippen molar-refractivity contribution in [3.8, 4) is 0 Å². The molecule has 1 aliphatic rings. The van der Waals surface area contributed by atoms with Gasteiger partial charge in [0.05, 0.1) is 11.1 Å². The van der Waals surface area contributed by atoms with Crippen molar-refractivity contribution < 1.29 is 14.5 Å². The molecule has 2 rings (SSSR count). The van der Waals surface area contributed by atoms with Gasteiger partial charge in [-0.1, -0.05) is 19.1 Å². The van der Waals surface area contributed by atoms with Gasteiger partial charge in [-0.15, -0.1) is 5.01 Å². The Bertz CT molecular complexity index is 643. The summed E-state index contributed by atoms with van der Waals surface area (Å²) in [6.45, 7) is 3.40. The van der Waals surface area contributed by atoms with Crippen LogP contribution in [-0.2, 0) is 4.79 Å². The smallest absolute Gasteiger partial charge is 0.322 e. The van der Waals surface area contributed by atoms with Crippen LogP contribution in [0.1, 0.15) is 25.8 Å². The van der Waals surface area contributed by atoms with E-state index in [0.29, 0.717) is 12.0 Å². The molecule has 0 spiro atoms. The Morgan fingerprint density at radius 2 is 2.19 bits per heavy atom. The predicted molar refractivity (Wildman–Crippen MR) is 74.8 cm³/mol. The number of carbonyl (C=O) groups is 2. The molecule has 0 aromatic heterocycles. The summed E-state index contributed by atoms with van der Waals surface area (Å²) in [5.74, 6) is -0.448. The lowest BCUT2D eigenvalue weighted by Gasteiger charge is -2.17.